The Balaban J connectivity index is 1.60. The first-order chi connectivity index (χ1) is 15.5. The number of alkyl halides is 3. The summed E-state index contributed by atoms with van der Waals surface area (Å²) in [5.41, 5.74) is 5.00. The zero-order valence-electron chi connectivity index (χ0n) is 16.2. The fourth-order valence-electron chi connectivity index (χ4n) is 2.78. The maximum absolute atomic E-state index is 13.0. The van der Waals surface area contributed by atoms with Crippen LogP contribution in [0.1, 0.15) is 5.56 Å². The molecule has 33 heavy (non-hydrogen) atoms. The molecule has 0 fully saturated rings. The van der Waals surface area contributed by atoms with Crippen LogP contribution in [0, 0.1) is 0 Å². The summed E-state index contributed by atoms with van der Waals surface area (Å²) in [6.45, 7) is -0.260. The number of rotatable bonds is 6. The van der Waals surface area contributed by atoms with Gasteiger partial charge in [-0.25, -0.2) is 4.98 Å². The molecule has 3 aromatic heterocycles. The zero-order chi connectivity index (χ0) is 23.9. The Morgan fingerprint density at radius 1 is 1.21 bits per heavy atom. The number of aliphatic carboxylic acids is 1. The smallest absolute Gasteiger partial charge is 0.417 e. The van der Waals surface area contributed by atoms with Gasteiger partial charge in [-0.05, 0) is 24.3 Å². The van der Waals surface area contributed by atoms with Crippen LogP contribution >= 0.6 is 23.2 Å². The highest BCUT2D eigenvalue weighted by Crippen LogP contribution is 2.34. The van der Waals surface area contributed by atoms with E-state index in [1.165, 1.54) is 24.4 Å². The van der Waals surface area contributed by atoms with Crippen LogP contribution in [0.3, 0.4) is 0 Å². The molecule has 9 nitrogen and oxygen atoms in total. The summed E-state index contributed by atoms with van der Waals surface area (Å²) in [4.78, 5) is 19.1. The minimum atomic E-state index is -4.58. The van der Waals surface area contributed by atoms with E-state index in [9.17, 15) is 18.0 Å². The van der Waals surface area contributed by atoms with Gasteiger partial charge in [-0.15, -0.1) is 0 Å². The van der Waals surface area contributed by atoms with Crippen molar-refractivity contribution in [3.63, 3.8) is 0 Å². The molecule has 3 N–H and O–H groups in total. The van der Waals surface area contributed by atoms with Crippen molar-refractivity contribution in [3.8, 4) is 28.7 Å². The summed E-state index contributed by atoms with van der Waals surface area (Å²) < 4.78 is 50.7. The number of nitrogens with zero attached hydrogens (tertiary/aromatic N) is 4. The number of halogens is 5. The van der Waals surface area contributed by atoms with E-state index in [1.807, 2.05) is 0 Å². The number of ether oxygens (including phenoxy) is 1. The molecule has 1 atom stereocenters. The Morgan fingerprint density at radius 2 is 1.97 bits per heavy atom. The molecule has 0 aliphatic rings. The van der Waals surface area contributed by atoms with E-state index in [0.717, 1.165) is 16.7 Å². The number of fused-ring (bicyclic) bond motifs is 1. The fourth-order valence-corrected chi connectivity index (χ4v) is 3.29. The summed E-state index contributed by atoms with van der Waals surface area (Å²) in [5, 5.41) is 12.6. The molecule has 4 aromatic rings. The van der Waals surface area contributed by atoms with E-state index in [4.69, 9.17) is 43.3 Å². The zero-order valence-corrected chi connectivity index (χ0v) is 17.7. The second kappa shape index (κ2) is 8.54. The van der Waals surface area contributed by atoms with Gasteiger partial charge in [0.05, 0.1) is 15.6 Å². The molecule has 0 bridgehead atoms. The van der Waals surface area contributed by atoms with Gasteiger partial charge in [0.2, 0.25) is 5.82 Å². The summed E-state index contributed by atoms with van der Waals surface area (Å²) >= 11 is 12.2. The normalized spacial score (nSPS) is 12.8. The molecular formula is C19H12Cl2F3N5O4. The lowest BCUT2D eigenvalue weighted by Crippen LogP contribution is -2.36. The highest BCUT2D eigenvalue weighted by Gasteiger charge is 2.32. The molecule has 0 radical (unpaired) electrons. The average molecular weight is 502 g/mol. The summed E-state index contributed by atoms with van der Waals surface area (Å²) in [7, 11) is 0. The lowest BCUT2D eigenvalue weighted by atomic mass is 10.2. The largest absolute Gasteiger partial charge is 0.491 e. The minimum Gasteiger partial charge on any atom is -0.491 e. The highest BCUT2D eigenvalue weighted by molar-refractivity contribution is 6.33. The van der Waals surface area contributed by atoms with Gasteiger partial charge in [0.1, 0.15) is 24.1 Å². The van der Waals surface area contributed by atoms with Crippen molar-refractivity contribution < 1.29 is 32.3 Å². The molecule has 14 heteroatoms. The van der Waals surface area contributed by atoms with Gasteiger partial charge in [0.25, 0.3) is 5.89 Å². The van der Waals surface area contributed by atoms with Crippen molar-refractivity contribution in [1.29, 1.82) is 0 Å². The quantitative estimate of drug-likeness (QED) is 0.402. The molecule has 3 heterocycles. The molecule has 0 unspecified atom stereocenters. The van der Waals surface area contributed by atoms with Crippen molar-refractivity contribution >= 4 is 34.8 Å². The monoisotopic (exact) mass is 501 g/mol. The van der Waals surface area contributed by atoms with E-state index in [0.29, 0.717) is 5.56 Å². The highest BCUT2D eigenvalue weighted by atomic mass is 35.5. The molecule has 0 amide bonds. The van der Waals surface area contributed by atoms with Gasteiger partial charge >= 0.3 is 12.1 Å². The first kappa shape index (κ1) is 22.8. The Hall–Kier alpha value is -3.35. The van der Waals surface area contributed by atoms with Crippen molar-refractivity contribution in [2.45, 2.75) is 12.2 Å². The van der Waals surface area contributed by atoms with Gasteiger partial charge in [-0.1, -0.05) is 28.4 Å². The molecule has 0 aliphatic heterocycles. The maximum atomic E-state index is 13.0. The number of hydrogen-bond acceptors (Lipinski definition) is 7. The molecule has 0 saturated heterocycles. The number of benzene rings is 1. The molecule has 4 rings (SSSR count). The van der Waals surface area contributed by atoms with Crippen molar-refractivity contribution in [3.05, 3.63) is 52.3 Å². The number of imidazole rings is 1. The standard InChI is InChI=1S/C19H12Cl2F3N5O4/c20-11-4-9(32-7-13(25)18(30)31)1-2-10(11)15-27-17(33-28-15)14-6-29-5-8(19(22,23)24)3-12(21)16(29)26-14/h1-6,13H,7,25H2,(H,30,31)/t13-/m0/s1. The maximum Gasteiger partial charge on any atom is 0.417 e. The number of hydrogen-bond donors (Lipinski definition) is 2. The number of carboxylic acid groups (broad SMARTS) is 1. The van der Waals surface area contributed by atoms with E-state index in [1.54, 1.807) is 0 Å². The van der Waals surface area contributed by atoms with Crippen molar-refractivity contribution in [1.82, 2.24) is 19.5 Å². The van der Waals surface area contributed by atoms with Crippen molar-refractivity contribution in [2.75, 3.05) is 6.61 Å². The van der Waals surface area contributed by atoms with Gasteiger partial charge in [0, 0.05) is 18.0 Å². The van der Waals surface area contributed by atoms with Crippen LogP contribution in [0.2, 0.25) is 10.0 Å². The predicted molar refractivity (Wildman–Crippen MR) is 110 cm³/mol. The molecule has 0 saturated carbocycles. The summed E-state index contributed by atoms with van der Waals surface area (Å²) in [6, 6.07) is 4.03. The molecule has 0 spiro atoms. The Bertz CT molecular complexity index is 1360. The van der Waals surface area contributed by atoms with Crippen LogP contribution in [-0.2, 0) is 11.0 Å². The van der Waals surface area contributed by atoms with Crippen LogP contribution in [0.5, 0.6) is 5.75 Å². The molecular weight excluding hydrogens is 490 g/mol. The van der Waals surface area contributed by atoms with E-state index in [2.05, 4.69) is 15.1 Å². The number of carbonyl (C=O) groups is 1. The molecule has 172 valence electrons. The van der Waals surface area contributed by atoms with Crippen LogP contribution in [-0.4, -0.2) is 43.2 Å². The van der Waals surface area contributed by atoms with Crippen LogP contribution in [0.15, 0.2) is 41.2 Å². The van der Waals surface area contributed by atoms with E-state index in [-0.39, 0.29) is 45.5 Å². The Morgan fingerprint density at radius 3 is 2.64 bits per heavy atom. The topological polar surface area (TPSA) is 129 Å². The number of aromatic nitrogens is 4. The third kappa shape index (κ3) is 4.72. The van der Waals surface area contributed by atoms with E-state index < -0.39 is 23.8 Å². The number of carboxylic acids is 1. The predicted octanol–water partition coefficient (Wildman–Crippen LogP) is 4.17. The fraction of sp³-hybridized carbons (Fsp3) is 0.158. The molecule has 1 aromatic carbocycles. The summed E-state index contributed by atoms with van der Waals surface area (Å²) in [6.07, 6.45) is -2.45. The Labute approximate surface area is 192 Å². The van der Waals surface area contributed by atoms with Crippen LogP contribution < -0.4 is 10.5 Å². The van der Waals surface area contributed by atoms with Gasteiger partial charge in [-0.2, -0.15) is 18.2 Å². The second-order valence-corrected chi connectivity index (χ2v) is 7.57. The average Bonchev–Trinajstić information content (AvgIpc) is 3.38. The first-order valence-electron chi connectivity index (χ1n) is 9.03. The Kier molecular flexibility index (Phi) is 5.91. The first-order valence-corrected chi connectivity index (χ1v) is 9.79. The minimum absolute atomic E-state index is 0.0675. The number of pyridine rings is 1. The van der Waals surface area contributed by atoms with Gasteiger partial charge < -0.3 is 24.5 Å². The second-order valence-electron chi connectivity index (χ2n) is 6.75. The van der Waals surface area contributed by atoms with Crippen molar-refractivity contribution in [2.24, 2.45) is 5.73 Å². The third-order valence-corrected chi connectivity index (χ3v) is 5.00. The van der Waals surface area contributed by atoms with Crippen LogP contribution in [0.4, 0.5) is 13.2 Å². The van der Waals surface area contributed by atoms with E-state index >= 15 is 0 Å². The third-order valence-electron chi connectivity index (χ3n) is 4.41. The lowest BCUT2D eigenvalue weighted by Gasteiger charge is -2.10. The van der Waals surface area contributed by atoms with Gasteiger partial charge in [0.15, 0.2) is 5.65 Å². The lowest BCUT2D eigenvalue weighted by molar-refractivity contribution is -0.139. The van der Waals surface area contributed by atoms with Gasteiger partial charge in [-0.3, -0.25) is 4.79 Å². The SMILES string of the molecule is N[C@@H](COc1ccc(-c2noc(-c3cn4cc(C(F)(F)F)cc(Cl)c4n3)n2)c(Cl)c1)C(=O)O. The summed E-state index contributed by atoms with van der Waals surface area (Å²) in [5.74, 6) is -0.912. The van der Waals surface area contributed by atoms with Crippen LogP contribution in [0.25, 0.3) is 28.6 Å². The molecule has 0 aliphatic carbocycles. The number of nitrogens with two attached hydrogens (primary N) is 1.